The molecule has 0 radical (unpaired) electrons. The van der Waals surface area contributed by atoms with Gasteiger partial charge in [0, 0.05) is 0 Å². The third-order valence-corrected chi connectivity index (χ3v) is 5.28. The summed E-state index contributed by atoms with van der Waals surface area (Å²) in [4.78, 5) is 23.8. The van der Waals surface area contributed by atoms with Crippen LogP contribution in [0, 0.1) is 18.8 Å². The molecule has 0 aromatic heterocycles. The predicted octanol–water partition coefficient (Wildman–Crippen LogP) is 4.85. The van der Waals surface area contributed by atoms with Gasteiger partial charge in [0.05, 0.1) is 11.8 Å². The van der Waals surface area contributed by atoms with Crippen LogP contribution in [0.2, 0.25) is 0 Å². The van der Waals surface area contributed by atoms with Crippen molar-refractivity contribution < 1.29 is 19.8 Å². The monoisotopic (exact) mass is 388 g/mol. The SMILES string of the molecule is Cc1ccccc1-c1ccc(C[C@H](C(=O)O)[C@H](Cc2ccccc2)C(=O)O)cc1. The van der Waals surface area contributed by atoms with Gasteiger partial charge in [0.1, 0.15) is 0 Å². The van der Waals surface area contributed by atoms with Crippen LogP contribution in [0.15, 0.2) is 78.9 Å². The Labute approximate surface area is 170 Å². The molecule has 0 heterocycles. The van der Waals surface area contributed by atoms with Crippen LogP contribution >= 0.6 is 0 Å². The minimum Gasteiger partial charge on any atom is -0.481 e. The third kappa shape index (κ3) is 5.11. The van der Waals surface area contributed by atoms with Gasteiger partial charge in [-0.2, -0.15) is 0 Å². The summed E-state index contributed by atoms with van der Waals surface area (Å²) in [6.45, 7) is 2.05. The standard InChI is InChI=1S/C25H24O4/c1-17-7-5-6-10-21(17)20-13-11-19(12-14-20)16-23(25(28)29)22(24(26)27)15-18-8-3-2-4-9-18/h2-14,22-23H,15-16H2,1H3,(H,26,27)(H,28,29)/t22-,23-/m0/s1. The Hall–Kier alpha value is -3.40. The molecular formula is C25H24O4. The highest BCUT2D eigenvalue weighted by Crippen LogP contribution is 2.26. The summed E-state index contributed by atoms with van der Waals surface area (Å²) in [6.07, 6.45) is 0.363. The van der Waals surface area contributed by atoms with E-state index in [1.807, 2.05) is 85.8 Å². The Bertz CT molecular complexity index is 977. The number of aryl methyl sites for hydroxylation is 1. The van der Waals surface area contributed by atoms with Crippen LogP contribution in [0.3, 0.4) is 0 Å². The number of aliphatic carboxylic acids is 2. The molecule has 0 amide bonds. The van der Waals surface area contributed by atoms with Crippen molar-refractivity contribution in [2.75, 3.05) is 0 Å². The van der Waals surface area contributed by atoms with Crippen LogP contribution in [-0.2, 0) is 22.4 Å². The number of hydrogen-bond acceptors (Lipinski definition) is 2. The number of benzene rings is 3. The zero-order chi connectivity index (χ0) is 20.8. The molecule has 3 aromatic rings. The van der Waals surface area contributed by atoms with Crippen LogP contribution in [0.25, 0.3) is 11.1 Å². The maximum absolute atomic E-state index is 11.9. The maximum Gasteiger partial charge on any atom is 0.307 e. The molecule has 0 aliphatic heterocycles. The van der Waals surface area contributed by atoms with Gasteiger partial charge in [0.15, 0.2) is 0 Å². The van der Waals surface area contributed by atoms with Crippen LogP contribution < -0.4 is 0 Å². The minimum atomic E-state index is -1.09. The Balaban J connectivity index is 1.81. The van der Waals surface area contributed by atoms with Gasteiger partial charge in [0.25, 0.3) is 0 Å². The molecule has 0 spiro atoms. The van der Waals surface area contributed by atoms with Crippen molar-refractivity contribution in [1.29, 1.82) is 0 Å². The first kappa shape index (κ1) is 20.3. The van der Waals surface area contributed by atoms with Gasteiger partial charge in [-0.25, -0.2) is 0 Å². The van der Waals surface area contributed by atoms with Gasteiger partial charge in [-0.1, -0.05) is 78.9 Å². The van der Waals surface area contributed by atoms with E-state index in [-0.39, 0.29) is 12.8 Å². The molecule has 29 heavy (non-hydrogen) atoms. The summed E-state index contributed by atoms with van der Waals surface area (Å²) in [7, 11) is 0. The molecule has 0 bridgehead atoms. The highest BCUT2D eigenvalue weighted by atomic mass is 16.4. The van der Waals surface area contributed by atoms with E-state index in [4.69, 9.17) is 0 Å². The molecule has 2 atom stereocenters. The second-order valence-corrected chi connectivity index (χ2v) is 7.30. The van der Waals surface area contributed by atoms with Gasteiger partial charge in [-0.15, -0.1) is 0 Å². The summed E-state index contributed by atoms with van der Waals surface area (Å²) in [5, 5.41) is 19.4. The molecule has 0 saturated heterocycles. The first-order valence-corrected chi connectivity index (χ1v) is 9.60. The highest BCUT2D eigenvalue weighted by Gasteiger charge is 2.34. The molecule has 148 valence electrons. The van der Waals surface area contributed by atoms with Gasteiger partial charge in [0.2, 0.25) is 0 Å². The molecule has 0 unspecified atom stereocenters. The van der Waals surface area contributed by atoms with E-state index in [2.05, 4.69) is 0 Å². The lowest BCUT2D eigenvalue weighted by Gasteiger charge is -2.21. The minimum absolute atomic E-state index is 0.174. The normalized spacial score (nSPS) is 12.9. The molecule has 2 N–H and O–H groups in total. The lowest BCUT2D eigenvalue weighted by molar-refractivity contribution is -0.153. The van der Waals surface area contributed by atoms with Crippen molar-refractivity contribution >= 4 is 11.9 Å². The van der Waals surface area contributed by atoms with E-state index in [0.717, 1.165) is 27.8 Å². The van der Waals surface area contributed by atoms with Crippen LogP contribution in [-0.4, -0.2) is 22.2 Å². The lowest BCUT2D eigenvalue weighted by Crippen LogP contribution is -2.33. The van der Waals surface area contributed by atoms with Gasteiger partial charge < -0.3 is 10.2 Å². The number of rotatable bonds is 8. The summed E-state index contributed by atoms with van der Waals surface area (Å²) in [5.74, 6) is -4.17. The van der Waals surface area contributed by atoms with Crippen molar-refractivity contribution in [3.63, 3.8) is 0 Å². The fourth-order valence-electron chi connectivity index (χ4n) is 3.64. The van der Waals surface area contributed by atoms with Crippen molar-refractivity contribution in [2.24, 2.45) is 11.8 Å². The van der Waals surface area contributed by atoms with Crippen LogP contribution in [0.5, 0.6) is 0 Å². The smallest absolute Gasteiger partial charge is 0.307 e. The molecular weight excluding hydrogens is 364 g/mol. The highest BCUT2D eigenvalue weighted by molar-refractivity contribution is 5.80. The van der Waals surface area contributed by atoms with E-state index in [1.165, 1.54) is 0 Å². The van der Waals surface area contributed by atoms with Crippen molar-refractivity contribution in [1.82, 2.24) is 0 Å². The summed E-state index contributed by atoms with van der Waals surface area (Å²) >= 11 is 0. The second-order valence-electron chi connectivity index (χ2n) is 7.30. The van der Waals surface area contributed by atoms with Crippen LogP contribution in [0.4, 0.5) is 0 Å². The number of carbonyl (C=O) groups is 2. The zero-order valence-corrected chi connectivity index (χ0v) is 16.3. The predicted molar refractivity (Wildman–Crippen MR) is 113 cm³/mol. The Morgan fingerprint density at radius 2 is 1.17 bits per heavy atom. The molecule has 0 aliphatic rings. The summed E-state index contributed by atoms with van der Waals surface area (Å²) in [6, 6.07) is 24.9. The molecule has 3 aromatic carbocycles. The van der Waals surface area contributed by atoms with E-state index < -0.39 is 23.8 Å². The van der Waals surface area contributed by atoms with E-state index >= 15 is 0 Å². The average Bonchev–Trinajstić information content (AvgIpc) is 2.72. The Morgan fingerprint density at radius 3 is 1.69 bits per heavy atom. The topological polar surface area (TPSA) is 74.6 Å². The number of carboxylic acid groups (broad SMARTS) is 2. The largest absolute Gasteiger partial charge is 0.481 e. The number of carboxylic acids is 2. The molecule has 4 heteroatoms. The number of hydrogen-bond donors (Lipinski definition) is 2. The van der Waals surface area contributed by atoms with E-state index in [0.29, 0.717) is 0 Å². The van der Waals surface area contributed by atoms with Crippen molar-refractivity contribution in [3.05, 3.63) is 95.6 Å². The Morgan fingerprint density at radius 1 is 0.690 bits per heavy atom. The quantitative estimate of drug-likeness (QED) is 0.578. The van der Waals surface area contributed by atoms with E-state index in [1.54, 1.807) is 0 Å². The van der Waals surface area contributed by atoms with E-state index in [9.17, 15) is 19.8 Å². The lowest BCUT2D eigenvalue weighted by atomic mass is 9.82. The fraction of sp³-hybridized carbons (Fsp3) is 0.200. The first-order valence-electron chi connectivity index (χ1n) is 9.60. The van der Waals surface area contributed by atoms with Crippen molar-refractivity contribution in [3.8, 4) is 11.1 Å². The molecule has 0 aliphatic carbocycles. The van der Waals surface area contributed by atoms with Crippen molar-refractivity contribution in [2.45, 2.75) is 19.8 Å². The van der Waals surface area contributed by atoms with Crippen LogP contribution in [0.1, 0.15) is 16.7 Å². The first-order chi connectivity index (χ1) is 14.0. The summed E-state index contributed by atoms with van der Waals surface area (Å²) in [5.41, 5.74) is 4.98. The molecule has 0 saturated carbocycles. The molecule has 4 nitrogen and oxygen atoms in total. The zero-order valence-electron chi connectivity index (χ0n) is 16.3. The molecule has 0 fully saturated rings. The summed E-state index contributed by atoms with van der Waals surface area (Å²) < 4.78 is 0. The Kier molecular flexibility index (Phi) is 6.45. The maximum atomic E-state index is 11.9. The molecule has 3 rings (SSSR count). The fourth-order valence-corrected chi connectivity index (χ4v) is 3.64. The second kappa shape index (κ2) is 9.20. The van der Waals surface area contributed by atoms with Gasteiger partial charge >= 0.3 is 11.9 Å². The van der Waals surface area contributed by atoms with Gasteiger partial charge in [-0.05, 0) is 47.6 Å². The third-order valence-electron chi connectivity index (χ3n) is 5.28. The van der Waals surface area contributed by atoms with Gasteiger partial charge in [-0.3, -0.25) is 9.59 Å². The average molecular weight is 388 g/mol.